The zero-order valence-electron chi connectivity index (χ0n) is 13.2. The minimum absolute atomic E-state index is 0.0982. The second-order valence-electron chi connectivity index (χ2n) is 5.75. The van der Waals surface area contributed by atoms with Crippen molar-refractivity contribution in [3.05, 3.63) is 81.8 Å². The Labute approximate surface area is 148 Å². The molecule has 0 N–H and O–H groups in total. The number of aryl methyl sites for hydroxylation is 1. The van der Waals surface area contributed by atoms with Crippen LogP contribution >= 0.6 is 11.6 Å². The molecule has 1 aliphatic rings. The zero-order chi connectivity index (χ0) is 17.6. The molecule has 0 aliphatic carbocycles. The molecule has 0 spiro atoms. The Kier molecular flexibility index (Phi) is 3.81. The third kappa shape index (κ3) is 2.70. The number of hydrogen-bond donors (Lipinski definition) is 0. The van der Waals surface area contributed by atoms with Crippen LogP contribution in [0.15, 0.2) is 47.6 Å². The molecule has 3 aromatic rings. The highest BCUT2D eigenvalue weighted by Crippen LogP contribution is 2.33. The van der Waals surface area contributed by atoms with E-state index < -0.39 is 11.6 Å². The van der Waals surface area contributed by atoms with Crippen LogP contribution in [0.1, 0.15) is 22.5 Å². The summed E-state index contributed by atoms with van der Waals surface area (Å²) in [7, 11) is 0. The lowest BCUT2D eigenvalue weighted by Gasteiger charge is -2.12. The molecule has 0 unspecified atom stereocenters. The summed E-state index contributed by atoms with van der Waals surface area (Å²) in [5, 5.41) is 0.484. The van der Waals surface area contributed by atoms with Gasteiger partial charge in [-0.3, -0.25) is 4.99 Å². The van der Waals surface area contributed by atoms with Gasteiger partial charge in [0.2, 0.25) is 0 Å². The van der Waals surface area contributed by atoms with Gasteiger partial charge in [-0.1, -0.05) is 23.7 Å². The molecule has 4 rings (SSSR count). The van der Waals surface area contributed by atoms with Gasteiger partial charge in [0.25, 0.3) is 0 Å². The van der Waals surface area contributed by atoms with E-state index in [1.165, 1.54) is 12.1 Å². The van der Waals surface area contributed by atoms with Crippen LogP contribution in [0.4, 0.5) is 8.78 Å². The highest BCUT2D eigenvalue weighted by Gasteiger charge is 2.23. The summed E-state index contributed by atoms with van der Waals surface area (Å²) in [6.45, 7) is 2.07. The second kappa shape index (κ2) is 6.01. The number of rotatable bonds is 1. The average Bonchev–Trinajstić information content (AvgIpc) is 2.74. The zero-order valence-corrected chi connectivity index (χ0v) is 14.0. The van der Waals surface area contributed by atoms with Gasteiger partial charge < -0.3 is 0 Å². The van der Waals surface area contributed by atoms with Crippen LogP contribution in [0.25, 0.3) is 11.3 Å². The third-order valence-electron chi connectivity index (χ3n) is 4.09. The predicted octanol–water partition coefficient (Wildman–Crippen LogP) is 4.73. The van der Waals surface area contributed by atoms with Crippen LogP contribution in [-0.4, -0.2) is 15.7 Å². The Bertz CT molecular complexity index is 1030. The van der Waals surface area contributed by atoms with Crippen molar-refractivity contribution in [2.24, 2.45) is 4.99 Å². The van der Waals surface area contributed by atoms with E-state index in [9.17, 15) is 8.78 Å². The fourth-order valence-electron chi connectivity index (χ4n) is 2.93. The van der Waals surface area contributed by atoms with Crippen LogP contribution in [0.3, 0.4) is 0 Å². The van der Waals surface area contributed by atoms with Crippen molar-refractivity contribution >= 4 is 17.3 Å². The number of nitrogens with zero attached hydrogens (tertiary/aromatic N) is 3. The summed E-state index contributed by atoms with van der Waals surface area (Å²) >= 11 is 6.16. The molecule has 1 aromatic heterocycles. The number of halogens is 3. The Balaban J connectivity index is 2.02. The molecule has 0 bridgehead atoms. The smallest absolute Gasteiger partial charge is 0.168 e. The van der Waals surface area contributed by atoms with Crippen molar-refractivity contribution in [1.29, 1.82) is 0 Å². The molecule has 124 valence electrons. The first-order chi connectivity index (χ1) is 12.0. The van der Waals surface area contributed by atoms with E-state index in [0.717, 1.165) is 22.9 Å². The molecular weight excluding hydrogens is 344 g/mol. The molecule has 0 fully saturated rings. The van der Waals surface area contributed by atoms with Crippen LogP contribution in [0.2, 0.25) is 5.02 Å². The van der Waals surface area contributed by atoms with Crippen LogP contribution in [-0.2, 0) is 6.54 Å². The number of fused-ring (bicyclic) bond motifs is 3. The van der Waals surface area contributed by atoms with Gasteiger partial charge >= 0.3 is 0 Å². The Morgan fingerprint density at radius 1 is 1.04 bits per heavy atom. The fraction of sp³-hybridized carbons (Fsp3) is 0.105. The lowest BCUT2D eigenvalue weighted by molar-refractivity contribution is 0.507. The maximum atomic E-state index is 14.4. The van der Waals surface area contributed by atoms with Gasteiger partial charge in [0.1, 0.15) is 5.82 Å². The molecule has 0 saturated carbocycles. The van der Waals surface area contributed by atoms with Gasteiger partial charge in [0.15, 0.2) is 11.6 Å². The van der Waals surface area contributed by atoms with Crippen molar-refractivity contribution in [2.75, 3.05) is 0 Å². The minimum atomic E-state index is -0.930. The monoisotopic (exact) mass is 355 g/mol. The SMILES string of the molecule is Cc1ncc2c(n1)-c1ccc(Cl)cc1C(c1cccc(F)c1F)=NC2. The topological polar surface area (TPSA) is 38.1 Å². The molecule has 0 amide bonds. The van der Waals surface area contributed by atoms with Crippen molar-refractivity contribution in [3.63, 3.8) is 0 Å². The Morgan fingerprint density at radius 3 is 2.72 bits per heavy atom. The average molecular weight is 356 g/mol. The van der Waals surface area contributed by atoms with Crippen molar-refractivity contribution in [2.45, 2.75) is 13.5 Å². The molecule has 6 heteroatoms. The van der Waals surface area contributed by atoms with Gasteiger partial charge in [-0.15, -0.1) is 0 Å². The lowest BCUT2D eigenvalue weighted by atomic mass is 9.95. The van der Waals surface area contributed by atoms with Crippen LogP contribution < -0.4 is 0 Å². The molecule has 3 nitrogen and oxygen atoms in total. The van der Waals surface area contributed by atoms with E-state index in [1.54, 1.807) is 25.3 Å². The summed E-state index contributed by atoms with van der Waals surface area (Å²) in [6.07, 6.45) is 1.71. The maximum Gasteiger partial charge on any atom is 0.168 e. The first kappa shape index (κ1) is 15.8. The quantitative estimate of drug-likeness (QED) is 0.632. The molecule has 0 radical (unpaired) electrons. The van der Waals surface area contributed by atoms with E-state index in [0.29, 0.717) is 22.1 Å². The molecule has 2 aromatic carbocycles. The predicted molar refractivity (Wildman–Crippen MR) is 92.9 cm³/mol. The molecule has 0 atom stereocenters. The van der Waals surface area contributed by atoms with E-state index in [-0.39, 0.29) is 12.1 Å². The lowest BCUT2D eigenvalue weighted by Crippen LogP contribution is -2.08. The molecule has 25 heavy (non-hydrogen) atoms. The van der Waals surface area contributed by atoms with Crippen molar-refractivity contribution in [3.8, 4) is 11.3 Å². The number of aromatic nitrogens is 2. The Hall–Kier alpha value is -2.66. The fourth-order valence-corrected chi connectivity index (χ4v) is 3.10. The van der Waals surface area contributed by atoms with Gasteiger partial charge in [-0.25, -0.2) is 18.7 Å². The molecule has 1 aliphatic heterocycles. The minimum Gasteiger partial charge on any atom is -0.279 e. The van der Waals surface area contributed by atoms with Crippen molar-refractivity contribution in [1.82, 2.24) is 9.97 Å². The molecular formula is C19H12ClF2N3. The summed E-state index contributed by atoms with van der Waals surface area (Å²) in [6, 6.07) is 9.32. The standard InChI is InChI=1S/C19H12ClF2N3/c1-10-23-8-11-9-24-19(14-3-2-4-16(21)17(14)22)15-7-12(20)5-6-13(15)18(11)25-10/h2-8H,9H2,1H3. The normalized spacial score (nSPS) is 12.9. The highest BCUT2D eigenvalue weighted by molar-refractivity contribution is 6.31. The van der Waals surface area contributed by atoms with Gasteiger partial charge in [-0.05, 0) is 31.2 Å². The van der Waals surface area contributed by atoms with Gasteiger partial charge in [0.05, 0.1) is 18.0 Å². The largest absolute Gasteiger partial charge is 0.279 e. The van der Waals surface area contributed by atoms with Crippen molar-refractivity contribution < 1.29 is 8.78 Å². The molecule has 2 heterocycles. The maximum absolute atomic E-state index is 14.4. The summed E-state index contributed by atoms with van der Waals surface area (Å²) in [4.78, 5) is 13.3. The number of benzene rings is 2. The first-order valence-corrected chi connectivity index (χ1v) is 8.04. The summed E-state index contributed by atoms with van der Waals surface area (Å²) in [5.74, 6) is -1.22. The number of hydrogen-bond acceptors (Lipinski definition) is 3. The highest BCUT2D eigenvalue weighted by atomic mass is 35.5. The second-order valence-corrected chi connectivity index (χ2v) is 6.18. The number of aliphatic imine (C=N–C) groups is 1. The summed E-state index contributed by atoms with van der Waals surface area (Å²) < 4.78 is 28.1. The third-order valence-corrected chi connectivity index (χ3v) is 4.33. The van der Waals surface area contributed by atoms with Gasteiger partial charge in [-0.2, -0.15) is 0 Å². The van der Waals surface area contributed by atoms with E-state index in [4.69, 9.17) is 11.6 Å². The van der Waals surface area contributed by atoms with Gasteiger partial charge in [0, 0.05) is 33.5 Å². The first-order valence-electron chi connectivity index (χ1n) is 7.66. The van der Waals surface area contributed by atoms with Crippen LogP contribution in [0, 0.1) is 18.6 Å². The van der Waals surface area contributed by atoms with E-state index >= 15 is 0 Å². The van der Waals surface area contributed by atoms with Crippen LogP contribution in [0.5, 0.6) is 0 Å². The summed E-state index contributed by atoms with van der Waals surface area (Å²) in [5.41, 5.74) is 3.39. The molecule has 0 saturated heterocycles. The Morgan fingerprint density at radius 2 is 1.88 bits per heavy atom. The van der Waals surface area contributed by atoms with E-state index in [2.05, 4.69) is 15.0 Å². The van der Waals surface area contributed by atoms with E-state index in [1.807, 2.05) is 6.07 Å².